The molecule has 4 nitrogen and oxygen atoms in total. The van der Waals surface area contributed by atoms with Crippen LogP contribution in [0, 0.1) is 5.92 Å². The summed E-state index contributed by atoms with van der Waals surface area (Å²) in [5.41, 5.74) is 1.18. The van der Waals surface area contributed by atoms with Crippen LogP contribution in [0.2, 0.25) is 0 Å². The number of methoxy groups -OCH3 is 1. The monoisotopic (exact) mass is 338 g/mol. The molecule has 0 saturated heterocycles. The van der Waals surface area contributed by atoms with Crippen molar-refractivity contribution < 1.29 is 19.1 Å². The molecule has 2 aromatic rings. The summed E-state index contributed by atoms with van der Waals surface area (Å²) < 4.78 is 10.4. The van der Waals surface area contributed by atoms with Crippen LogP contribution in [0.15, 0.2) is 60.2 Å². The van der Waals surface area contributed by atoms with Crippen molar-refractivity contribution in [2.75, 3.05) is 13.7 Å². The first kappa shape index (κ1) is 18.5. The molecule has 2 rings (SSSR count). The lowest BCUT2D eigenvalue weighted by molar-refractivity contribution is -0.139. The Morgan fingerprint density at radius 3 is 2.20 bits per heavy atom. The average molecular weight is 338 g/mol. The molecule has 0 fully saturated rings. The zero-order valence-electron chi connectivity index (χ0n) is 14.7. The third-order valence-electron chi connectivity index (χ3n) is 3.48. The standard InChI is InChI=1S/C21H22O4/c1-15(2)14-25-21(23)19(20(22)17-7-5-4-6-8-17)13-16-9-11-18(24-3)12-10-16/h4-13,15H,14H2,1-3H3. The highest BCUT2D eigenvalue weighted by Crippen LogP contribution is 2.18. The number of carbonyl (C=O) groups excluding carboxylic acids is 2. The van der Waals surface area contributed by atoms with Crippen molar-refractivity contribution in [2.24, 2.45) is 5.92 Å². The summed E-state index contributed by atoms with van der Waals surface area (Å²) in [6.07, 6.45) is 1.55. The Labute approximate surface area is 148 Å². The molecule has 0 N–H and O–H groups in total. The van der Waals surface area contributed by atoms with Crippen LogP contribution in [0.1, 0.15) is 29.8 Å². The van der Waals surface area contributed by atoms with E-state index in [9.17, 15) is 9.59 Å². The van der Waals surface area contributed by atoms with Gasteiger partial charge >= 0.3 is 5.97 Å². The highest BCUT2D eigenvalue weighted by Gasteiger charge is 2.21. The maximum absolute atomic E-state index is 12.8. The van der Waals surface area contributed by atoms with Gasteiger partial charge in [-0.05, 0) is 29.7 Å². The van der Waals surface area contributed by atoms with Crippen LogP contribution in [0.25, 0.3) is 6.08 Å². The molecule has 2 aromatic carbocycles. The number of ether oxygens (including phenoxy) is 2. The molecule has 0 unspecified atom stereocenters. The van der Waals surface area contributed by atoms with Gasteiger partial charge in [0.1, 0.15) is 11.3 Å². The van der Waals surface area contributed by atoms with E-state index in [2.05, 4.69) is 0 Å². The van der Waals surface area contributed by atoms with Gasteiger partial charge in [-0.25, -0.2) is 4.79 Å². The molecule has 130 valence electrons. The number of benzene rings is 2. The second kappa shape index (κ2) is 8.83. The van der Waals surface area contributed by atoms with Crippen molar-refractivity contribution in [3.05, 3.63) is 71.3 Å². The molecule has 0 heterocycles. The van der Waals surface area contributed by atoms with Crippen molar-refractivity contribution in [3.63, 3.8) is 0 Å². The van der Waals surface area contributed by atoms with Gasteiger partial charge in [-0.2, -0.15) is 0 Å². The van der Waals surface area contributed by atoms with E-state index in [4.69, 9.17) is 9.47 Å². The van der Waals surface area contributed by atoms with Crippen LogP contribution in [0.5, 0.6) is 5.75 Å². The average Bonchev–Trinajstić information content (AvgIpc) is 2.64. The Morgan fingerprint density at radius 1 is 1.00 bits per heavy atom. The molecule has 0 saturated carbocycles. The maximum atomic E-state index is 12.8. The largest absolute Gasteiger partial charge is 0.497 e. The molecule has 0 aliphatic rings. The van der Waals surface area contributed by atoms with Gasteiger partial charge < -0.3 is 9.47 Å². The molecule has 25 heavy (non-hydrogen) atoms. The summed E-state index contributed by atoms with van der Waals surface area (Å²) in [5, 5.41) is 0. The van der Waals surface area contributed by atoms with Crippen molar-refractivity contribution in [1.82, 2.24) is 0 Å². The number of esters is 1. The van der Waals surface area contributed by atoms with Gasteiger partial charge in [0, 0.05) is 5.56 Å². The lowest BCUT2D eigenvalue weighted by Crippen LogP contribution is -2.18. The summed E-state index contributed by atoms with van der Waals surface area (Å²) >= 11 is 0. The van der Waals surface area contributed by atoms with Crippen LogP contribution in [-0.4, -0.2) is 25.5 Å². The number of Topliss-reactive ketones (excluding diaryl/α,β-unsaturated/α-hetero) is 1. The minimum atomic E-state index is -0.613. The molecule has 4 heteroatoms. The second-order valence-electron chi connectivity index (χ2n) is 6.02. The molecule has 0 spiro atoms. The zero-order valence-corrected chi connectivity index (χ0v) is 14.7. The van der Waals surface area contributed by atoms with Gasteiger partial charge in [0.25, 0.3) is 0 Å². The van der Waals surface area contributed by atoms with Crippen LogP contribution >= 0.6 is 0 Å². The number of hydrogen-bond acceptors (Lipinski definition) is 4. The summed E-state index contributed by atoms with van der Waals surface area (Å²) in [6.45, 7) is 4.15. The Kier molecular flexibility index (Phi) is 6.52. The summed E-state index contributed by atoms with van der Waals surface area (Å²) in [6, 6.07) is 15.8. The SMILES string of the molecule is COc1ccc(C=C(C(=O)OCC(C)C)C(=O)c2ccccc2)cc1. The van der Waals surface area contributed by atoms with Crippen LogP contribution < -0.4 is 4.74 Å². The molecule has 0 atom stereocenters. The molecule has 0 aliphatic carbocycles. The van der Waals surface area contributed by atoms with Crippen molar-refractivity contribution >= 4 is 17.8 Å². The fraction of sp³-hybridized carbons (Fsp3) is 0.238. The Bertz CT molecular complexity index is 743. The van der Waals surface area contributed by atoms with Crippen molar-refractivity contribution in [1.29, 1.82) is 0 Å². The molecule has 0 amide bonds. The third-order valence-corrected chi connectivity index (χ3v) is 3.48. The van der Waals surface area contributed by atoms with Crippen molar-refractivity contribution in [2.45, 2.75) is 13.8 Å². The zero-order chi connectivity index (χ0) is 18.2. The first-order valence-corrected chi connectivity index (χ1v) is 8.14. The molecule has 0 radical (unpaired) electrons. The van der Waals surface area contributed by atoms with Crippen LogP contribution in [0.4, 0.5) is 0 Å². The highest BCUT2D eigenvalue weighted by atomic mass is 16.5. The minimum absolute atomic E-state index is 0.0111. The third kappa shape index (κ3) is 5.31. The number of rotatable bonds is 7. The smallest absolute Gasteiger partial charge is 0.342 e. The van der Waals surface area contributed by atoms with Gasteiger partial charge in [0.15, 0.2) is 5.78 Å². The summed E-state index contributed by atoms with van der Waals surface area (Å²) in [5.74, 6) is -0.0722. The van der Waals surface area contributed by atoms with E-state index in [1.54, 1.807) is 61.7 Å². The molecular weight excluding hydrogens is 316 g/mol. The minimum Gasteiger partial charge on any atom is -0.497 e. The highest BCUT2D eigenvalue weighted by molar-refractivity contribution is 6.26. The van der Waals surface area contributed by atoms with Gasteiger partial charge in [-0.15, -0.1) is 0 Å². The van der Waals surface area contributed by atoms with Gasteiger partial charge in [0.2, 0.25) is 0 Å². The first-order valence-electron chi connectivity index (χ1n) is 8.14. The predicted octanol–water partition coefficient (Wildman–Crippen LogP) is 4.16. The van der Waals surface area contributed by atoms with Crippen LogP contribution in [0.3, 0.4) is 0 Å². The summed E-state index contributed by atoms with van der Waals surface area (Å²) in [7, 11) is 1.58. The lowest BCUT2D eigenvalue weighted by Gasteiger charge is -2.10. The fourth-order valence-corrected chi connectivity index (χ4v) is 2.15. The van der Waals surface area contributed by atoms with E-state index >= 15 is 0 Å². The van der Waals surface area contributed by atoms with Gasteiger partial charge in [0.05, 0.1) is 13.7 Å². The van der Waals surface area contributed by atoms with Gasteiger partial charge in [-0.3, -0.25) is 4.79 Å². The van der Waals surface area contributed by atoms with E-state index in [-0.39, 0.29) is 23.9 Å². The fourth-order valence-electron chi connectivity index (χ4n) is 2.15. The van der Waals surface area contributed by atoms with Crippen molar-refractivity contribution in [3.8, 4) is 5.75 Å². The van der Waals surface area contributed by atoms with E-state index in [1.165, 1.54) is 0 Å². The molecule has 0 bridgehead atoms. The van der Waals surface area contributed by atoms with Crippen LogP contribution in [-0.2, 0) is 9.53 Å². The quantitative estimate of drug-likeness (QED) is 0.250. The molecular formula is C21H22O4. The maximum Gasteiger partial charge on any atom is 0.342 e. The lowest BCUT2D eigenvalue weighted by atomic mass is 10.0. The Balaban J connectivity index is 2.35. The molecule has 0 aliphatic heterocycles. The number of carbonyl (C=O) groups is 2. The van der Waals surface area contributed by atoms with E-state index in [0.29, 0.717) is 11.3 Å². The summed E-state index contributed by atoms with van der Waals surface area (Å²) in [4.78, 5) is 25.2. The van der Waals surface area contributed by atoms with Gasteiger partial charge in [-0.1, -0.05) is 56.3 Å². The van der Waals surface area contributed by atoms with E-state index < -0.39 is 5.97 Å². The van der Waals surface area contributed by atoms with E-state index in [1.807, 2.05) is 19.9 Å². The normalized spacial score (nSPS) is 11.3. The predicted molar refractivity (Wildman–Crippen MR) is 97.5 cm³/mol. The van der Waals surface area contributed by atoms with E-state index in [0.717, 1.165) is 5.56 Å². The second-order valence-corrected chi connectivity index (χ2v) is 6.02. The number of hydrogen-bond donors (Lipinski definition) is 0. The topological polar surface area (TPSA) is 52.6 Å². The first-order chi connectivity index (χ1) is 12.0. The Morgan fingerprint density at radius 2 is 1.64 bits per heavy atom. The Hall–Kier alpha value is -2.88. The molecule has 0 aromatic heterocycles. The number of ketones is 1.